The standard InChI is InChI=1S/C26H28F4N4O/c1-34(2)23-12-9-17(13-20(23)27)25(35)32-18-10-7-16(8-11-18)15-31-22-14-24(26(28,29)30)33-21-6-4-3-5-19(21)22/h3-6,9,12-14,16,18H,7-8,10-11,15H2,1-2H3,(H,31,33)(H,32,35)/t16-,18+. The number of amides is 1. The second-order valence-corrected chi connectivity index (χ2v) is 9.20. The van der Waals surface area contributed by atoms with E-state index in [-0.39, 0.29) is 23.4 Å². The molecule has 5 nitrogen and oxygen atoms in total. The predicted molar refractivity (Wildman–Crippen MR) is 129 cm³/mol. The van der Waals surface area contributed by atoms with Crippen LogP contribution < -0.4 is 15.5 Å². The van der Waals surface area contributed by atoms with Crippen molar-refractivity contribution < 1.29 is 22.4 Å². The Kier molecular flexibility index (Phi) is 7.14. The van der Waals surface area contributed by atoms with Crippen LogP contribution in [0.3, 0.4) is 0 Å². The van der Waals surface area contributed by atoms with Crippen LogP contribution in [0.2, 0.25) is 0 Å². The average Bonchev–Trinajstić information content (AvgIpc) is 2.82. The highest BCUT2D eigenvalue weighted by atomic mass is 19.4. The fraction of sp³-hybridized carbons (Fsp3) is 0.385. The van der Waals surface area contributed by atoms with Gasteiger partial charge in [-0.15, -0.1) is 0 Å². The van der Waals surface area contributed by atoms with E-state index in [0.29, 0.717) is 28.8 Å². The van der Waals surface area contributed by atoms with Gasteiger partial charge in [-0.3, -0.25) is 4.79 Å². The van der Waals surface area contributed by atoms with Crippen LogP contribution in [0.25, 0.3) is 10.9 Å². The van der Waals surface area contributed by atoms with Crippen molar-refractivity contribution in [3.8, 4) is 0 Å². The molecular formula is C26H28F4N4O. The molecule has 1 fully saturated rings. The third-order valence-electron chi connectivity index (χ3n) is 6.46. The molecule has 0 radical (unpaired) electrons. The molecule has 0 atom stereocenters. The zero-order valence-electron chi connectivity index (χ0n) is 19.6. The minimum absolute atomic E-state index is 0.0195. The van der Waals surface area contributed by atoms with Gasteiger partial charge in [0.05, 0.1) is 11.2 Å². The van der Waals surface area contributed by atoms with Crippen molar-refractivity contribution in [1.82, 2.24) is 10.3 Å². The first-order valence-electron chi connectivity index (χ1n) is 11.6. The average molecular weight is 489 g/mol. The van der Waals surface area contributed by atoms with E-state index in [2.05, 4.69) is 15.6 Å². The third-order valence-corrected chi connectivity index (χ3v) is 6.46. The number of fused-ring (bicyclic) bond motifs is 1. The zero-order valence-corrected chi connectivity index (χ0v) is 19.6. The minimum atomic E-state index is -4.52. The monoisotopic (exact) mass is 488 g/mol. The minimum Gasteiger partial charge on any atom is -0.384 e. The molecule has 0 saturated heterocycles. The predicted octanol–water partition coefficient (Wildman–Crippen LogP) is 5.86. The van der Waals surface area contributed by atoms with E-state index in [4.69, 9.17) is 0 Å². The Morgan fingerprint density at radius 2 is 1.77 bits per heavy atom. The summed E-state index contributed by atoms with van der Waals surface area (Å²) in [5.41, 5.74) is 0.494. The number of carbonyl (C=O) groups is 1. The number of hydrogen-bond donors (Lipinski definition) is 2. The maximum Gasteiger partial charge on any atom is 0.433 e. The van der Waals surface area contributed by atoms with Gasteiger partial charge in [0.2, 0.25) is 0 Å². The Morgan fingerprint density at radius 3 is 2.43 bits per heavy atom. The maximum atomic E-state index is 14.2. The summed E-state index contributed by atoms with van der Waals surface area (Å²) in [7, 11) is 3.47. The fourth-order valence-electron chi connectivity index (χ4n) is 4.51. The van der Waals surface area contributed by atoms with E-state index in [1.54, 1.807) is 55.4 Å². The highest BCUT2D eigenvalue weighted by Crippen LogP contribution is 2.34. The summed E-state index contributed by atoms with van der Waals surface area (Å²) >= 11 is 0. The summed E-state index contributed by atoms with van der Waals surface area (Å²) in [6, 6.07) is 12.2. The number of pyridine rings is 1. The third kappa shape index (κ3) is 5.83. The molecule has 0 aliphatic heterocycles. The first-order chi connectivity index (χ1) is 16.6. The van der Waals surface area contributed by atoms with Gasteiger partial charge < -0.3 is 15.5 Å². The molecule has 0 spiro atoms. The smallest absolute Gasteiger partial charge is 0.384 e. The number of rotatable bonds is 6. The molecule has 2 N–H and O–H groups in total. The zero-order chi connectivity index (χ0) is 25.2. The molecule has 9 heteroatoms. The molecule has 1 aromatic heterocycles. The van der Waals surface area contributed by atoms with Crippen LogP contribution in [0, 0.1) is 11.7 Å². The topological polar surface area (TPSA) is 57.3 Å². The molecule has 1 aliphatic rings. The van der Waals surface area contributed by atoms with Gasteiger partial charge in [0.1, 0.15) is 11.5 Å². The van der Waals surface area contributed by atoms with Crippen LogP contribution in [0.1, 0.15) is 41.7 Å². The summed E-state index contributed by atoms with van der Waals surface area (Å²) < 4.78 is 54.1. The van der Waals surface area contributed by atoms with Gasteiger partial charge in [-0.2, -0.15) is 13.2 Å². The van der Waals surface area contributed by atoms with E-state index in [1.807, 2.05) is 0 Å². The Hall–Kier alpha value is -3.36. The second-order valence-electron chi connectivity index (χ2n) is 9.20. The number of para-hydroxylation sites is 1. The number of anilines is 2. The summed E-state index contributed by atoms with van der Waals surface area (Å²) in [5, 5.41) is 6.83. The van der Waals surface area contributed by atoms with Gasteiger partial charge >= 0.3 is 6.18 Å². The second kappa shape index (κ2) is 10.1. The lowest BCUT2D eigenvalue weighted by atomic mass is 9.85. The number of nitrogens with one attached hydrogen (secondary N) is 2. The largest absolute Gasteiger partial charge is 0.433 e. The number of aromatic nitrogens is 1. The molecule has 1 amide bonds. The molecule has 1 heterocycles. The van der Waals surface area contributed by atoms with E-state index < -0.39 is 17.7 Å². The van der Waals surface area contributed by atoms with Crippen LogP contribution >= 0.6 is 0 Å². The van der Waals surface area contributed by atoms with Gasteiger partial charge in [0.15, 0.2) is 0 Å². The molecule has 1 saturated carbocycles. The van der Waals surface area contributed by atoms with Crippen molar-refractivity contribution in [1.29, 1.82) is 0 Å². The molecule has 35 heavy (non-hydrogen) atoms. The molecule has 1 aliphatic carbocycles. The number of nitrogens with zero attached hydrogens (tertiary/aromatic N) is 2. The maximum absolute atomic E-state index is 14.2. The Labute approximate surface area is 201 Å². The number of hydrogen-bond acceptors (Lipinski definition) is 4. The summed E-state index contributed by atoms with van der Waals surface area (Å²) in [6.07, 6.45) is -1.38. The lowest BCUT2D eigenvalue weighted by molar-refractivity contribution is -0.140. The molecule has 3 aromatic rings. The SMILES string of the molecule is CN(C)c1ccc(C(=O)N[C@H]2CC[C@@H](CNc3cc(C(F)(F)F)nc4ccccc34)CC2)cc1F. The van der Waals surface area contributed by atoms with Crippen molar-refractivity contribution in [3.05, 3.63) is 65.6 Å². The number of alkyl halides is 3. The number of benzene rings is 2. The van der Waals surface area contributed by atoms with E-state index in [9.17, 15) is 22.4 Å². The molecule has 0 bridgehead atoms. The van der Waals surface area contributed by atoms with Crippen molar-refractivity contribution in [2.45, 2.75) is 37.9 Å². The van der Waals surface area contributed by atoms with Crippen molar-refractivity contribution in [2.75, 3.05) is 30.9 Å². The van der Waals surface area contributed by atoms with E-state index >= 15 is 0 Å². The van der Waals surface area contributed by atoms with Crippen LogP contribution in [-0.2, 0) is 6.18 Å². The Bertz CT molecular complexity index is 1200. The fourth-order valence-corrected chi connectivity index (χ4v) is 4.51. The molecular weight excluding hydrogens is 460 g/mol. The molecule has 186 valence electrons. The van der Waals surface area contributed by atoms with Gasteiger partial charge in [-0.1, -0.05) is 18.2 Å². The first kappa shape index (κ1) is 24.8. The highest BCUT2D eigenvalue weighted by Gasteiger charge is 2.33. The quantitative estimate of drug-likeness (QED) is 0.427. The summed E-state index contributed by atoms with van der Waals surface area (Å²) in [5.74, 6) is -0.491. The molecule has 4 rings (SSSR count). The van der Waals surface area contributed by atoms with Crippen LogP contribution in [0.4, 0.5) is 28.9 Å². The van der Waals surface area contributed by atoms with Crippen LogP contribution in [0.5, 0.6) is 0 Å². The van der Waals surface area contributed by atoms with Gasteiger partial charge in [-0.25, -0.2) is 9.37 Å². The molecule has 0 unspecified atom stereocenters. The van der Waals surface area contributed by atoms with Crippen molar-refractivity contribution in [3.63, 3.8) is 0 Å². The van der Waals surface area contributed by atoms with Crippen molar-refractivity contribution in [2.24, 2.45) is 5.92 Å². The Morgan fingerprint density at radius 1 is 1.06 bits per heavy atom. The summed E-state index contributed by atoms with van der Waals surface area (Å²) in [4.78, 5) is 18.0. The van der Waals surface area contributed by atoms with E-state index in [1.165, 1.54) is 6.07 Å². The normalized spacial score (nSPS) is 18.3. The van der Waals surface area contributed by atoms with Crippen LogP contribution in [-0.4, -0.2) is 37.6 Å². The van der Waals surface area contributed by atoms with Gasteiger partial charge in [0, 0.05) is 43.3 Å². The van der Waals surface area contributed by atoms with Crippen molar-refractivity contribution >= 4 is 28.2 Å². The van der Waals surface area contributed by atoms with E-state index in [0.717, 1.165) is 31.7 Å². The Balaban J connectivity index is 1.34. The number of halogens is 4. The number of carbonyl (C=O) groups excluding carboxylic acids is 1. The molecule has 2 aromatic carbocycles. The van der Waals surface area contributed by atoms with Crippen LogP contribution in [0.15, 0.2) is 48.5 Å². The lowest BCUT2D eigenvalue weighted by Crippen LogP contribution is -2.38. The highest BCUT2D eigenvalue weighted by molar-refractivity contribution is 5.95. The van der Waals surface area contributed by atoms with Gasteiger partial charge in [0.25, 0.3) is 5.91 Å². The first-order valence-corrected chi connectivity index (χ1v) is 11.6. The summed E-state index contributed by atoms with van der Waals surface area (Å²) in [6.45, 7) is 0.531. The lowest BCUT2D eigenvalue weighted by Gasteiger charge is -2.29. The van der Waals surface area contributed by atoms with Gasteiger partial charge in [-0.05, 0) is 61.9 Å².